The van der Waals surface area contributed by atoms with Gasteiger partial charge < -0.3 is 15.6 Å². The molecule has 0 saturated heterocycles. The van der Waals surface area contributed by atoms with Gasteiger partial charge in [0.25, 0.3) is 0 Å². The highest BCUT2D eigenvalue weighted by Crippen LogP contribution is 2.20. The van der Waals surface area contributed by atoms with Crippen LogP contribution in [0.5, 0.6) is 5.75 Å². The van der Waals surface area contributed by atoms with Crippen LogP contribution >= 0.6 is 0 Å². The predicted octanol–water partition coefficient (Wildman–Crippen LogP) is 1.86. The average Bonchev–Trinajstić information content (AvgIpc) is 2.28. The summed E-state index contributed by atoms with van der Waals surface area (Å²) in [6.45, 7) is 4.55. The molecule has 0 radical (unpaired) electrons. The van der Waals surface area contributed by atoms with Gasteiger partial charge in [-0.2, -0.15) is 0 Å². The Hall–Kier alpha value is -1.06. The topological polar surface area (TPSA) is 55.5 Å². The molecule has 0 bridgehead atoms. The third kappa shape index (κ3) is 3.22. The lowest BCUT2D eigenvalue weighted by Crippen LogP contribution is -2.27. The zero-order chi connectivity index (χ0) is 11.3. The van der Waals surface area contributed by atoms with Crippen LogP contribution < -0.4 is 10.5 Å². The summed E-state index contributed by atoms with van der Waals surface area (Å²) >= 11 is 0. The number of ether oxygens (including phenoxy) is 1. The van der Waals surface area contributed by atoms with E-state index in [0.29, 0.717) is 6.61 Å². The summed E-state index contributed by atoms with van der Waals surface area (Å²) in [7, 11) is 0. The van der Waals surface area contributed by atoms with Crippen LogP contribution in [0.15, 0.2) is 24.3 Å². The predicted molar refractivity (Wildman–Crippen MR) is 60.8 cm³/mol. The quantitative estimate of drug-likeness (QED) is 0.778. The van der Waals surface area contributed by atoms with Crippen molar-refractivity contribution >= 4 is 0 Å². The first-order chi connectivity index (χ1) is 7.19. The first-order valence-electron chi connectivity index (χ1n) is 5.35. The Balaban J connectivity index is 2.70. The lowest BCUT2D eigenvalue weighted by atomic mass is 10.0. The van der Waals surface area contributed by atoms with Crippen LogP contribution in [0.4, 0.5) is 0 Å². The van der Waals surface area contributed by atoms with E-state index in [9.17, 15) is 5.11 Å². The largest absolute Gasteiger partial charge is 0.494 e. The van der Waals surface area contributed by atoms with E-state index in [1.807, 2.05) is 38.1 Å². The Morgan fingerprint density at radius 2 is 1.87 bits per heavy atom. The highest BCUT2D eigenvalue weighted by Gasteiger charge is 2.14. The van der Waals surface area contributed by atoms with Gasteiger partial charge in [-0.25, -0.2) is 0 Å². The summed E-state index contributed by atoms with van der Waals surface area (Å²) in [5, 5.41) is 9.84. The number of hydrogen-bond acceptors (Lipinski definition) is 3. The maximum atomic E-state index is 9.84. The minimum atomic E-state index is -0.592. The van der Waals surface area contributed by atoms with Gasteiger partial charge in [-0.3, -0.25) is 0 Å². The number of rotatable bonds is 5. The molecule has 0 aliphatic heterocycles. The van der Waals surface area contributed by atoms with Crippen LogP contribution in [0.3, 0.4) is 0 Å². The van der Waals surface area contributed by atoms with Gasteiger partial charge in [0.05, 0.1) is 12.7 Å². The van der Waals surface area contributed by atoms with Crippen molar-refractivity contribution in [2.24, 2.45) is 5.73 Å². The lowest BCUT2D eigenvalue weighted by Gasteiger charge is -2.17. The van der Waals surface area contributed by atoms with Gasteiger partial charge in [-0.1, -0.05) is 19.1 Å². The van der Waals surface area contributed by atoms with Crippen molar-refractivity contribution < 1.29 is 9.84 Å². The molecule has 0 aliphatic carbocycles. The molecule has 2 unspecified atom stereocenters. The standard InChI is InChI=1S/C12H19NO2/c1-3-11(13)12(14)9-5-7-10(8-6-9)15-4-2/h5-8,11-12,14H,3-4,13H2,1-2H3. The van der Waals surface area contributed by atoms with E-state index in [1.54, 1.807) is 0 Å². The average molecular weight is 209 g/mol. The molecule has 0 saturated carbocycles. The third-order valence-electron chi connectivity index (χ3n) is 2.41. The van der Waals surface area contributed by atoms with Crippen molar-refractivity contribution in [3.05, 3.63) is 29.8 Å². The fourth-order valence-electron chi connectivity index (χ4n) is 1.40. The zero-order valence-electron chi connectivity index (χ0n) is 9.31. The maximum Gasteiger partial charge on any atom is 0.119 e. The molecule has 1 aromatic rings. The number of aliphatic hydroxyl groups is 1. The number of hydrogen-bond donors (Lipinski definition) is 2. The third-order valence-corrected chi connectivity index (χ3v) is 2.41. The summed E-state index contributed by atoms with van der Waals surface area (Å²) < 4.78 is 5.31. The normalized spacial score (nSPS) is 14.7. The lowest BCUT2D eigenvalue weighted by molar-refractivity contribution is 0.144. The summed E-state index contributed by atoms with van der Waals surface area (Å²) in [5.74, 6) is 0.818. The van der Waals surface area contributed by atoms with Crippen molar-refractivity contribution in [3.63, 3.8) is 0 Å². The Morgan fingerprint density at radius 1 is 1.27 bits per heavy atom. The molecule has 0 aromatic heterocycles. The summed E-state index contributed by atoms with van der Waals surface area (Å²) in [4.78, 5) is 0. The van der Waals surface area contributed by atoms with Gasteiger partial charge in [0.15, 0.2) is 0 Å². The molecule has 2 atom stereocenters. The molecule has 0 heterocycles. The van der Waals surface area contributed by atoms with E-state index >= 15 is 0 Å². The number of benzene rings is 1. The minimum Gasteiger partial charge on any atom is -0.494 e. The van der Waals surface area contributed by atoms with E-state index in [-0.39, 0.29) is 6.04 Å². The monoisotopic (exact) mass is 209 g/mol. The molecule has 0 aliphatic rings. The first-order valence-corrected chi connectivity index (χ1v) is 5.35. The Morgan fingerprint density at radius 3 is 2.33 bits per heavy atom. The van der Waals surface area contributed by atoms with E-state index in [1.165, 1.54) is 0 Å². The summed E-state index contributed by atoms with van der Waals surface area (Å²) in [5.41, 5.74) is 6.60. The molecular formula is C12H19NO2. The van der Waals surface area contributed by atoms with Crippen LogP contribution in [-0.2, 0) is 0 Å². The van der Waals surface area contributed by atoms with Gasteiger partial charge in [0.2, 0.25) is 0 Å². The molecule has 0 fully saturated rings. The van der Waals surface area contributed by atoms with Crippen molar-refractivity contribution in [1.82, 2.24) is 0 Å². The van der Waals surface area contributed by atoms with Crippen LogP contribution in [0.2, 0.25) is 0 Å². The van der Waals surface area contributed by atoms with Gasteiger partial charge >= 0.3 is 0 Å². The van der Waals surface area contributed by atoms with Crippen LogP contribution in [0.1, 0.15) is 31.9 Å². The molecule has 3 nitrogen and oxygen atoms in total. The molecule has 1 aromatic carbocycles. The van der Waals surface area contributed by atoms with Crippen LogP contribution in [0.25, 0.3) is 0 Å². The molecule has 1 rings (SSSR count). The fraction of sp³-hybridized carbons (Fsp3) is 0.500. The summed E-state index contributed by atoms with van der Waals surface area (Å²) in [6.07, 6.45) is 0.166. The van der Waals surface area contributed by atoms with Crippen LogP contribution in [-0.4, -0.2) is 17.8 Å². The second-order valence-electron chi connectivity index (χ2n) is 3.52. The van der Waals surface area contributed by atoms with Crippen LogP contribution in [0, 0.1) is 0 Å². The van der Waals surface area contributed by atoms with Crippen molar-refractivity contribution in [2.75, 3.05) is 6.61 Å². The molecule has 3 heteroatoms. The molecule has 84 valence electrons. The molecule has 3 N–H and O–H groups in total. The van der Waals surface area contributed by atoms with E-state index < -0.39 is 6.10 Å². The van der Waals surface area contributed by atoms with Crippen molar-refractivity contribution in [1.29, 1.82) is 0 Å². The van der Waals surface area contributed by atoms with E-state index in [0.717, 1.165) is 17.7 Å². The second kappa shape index (κ2) is 5.73. The molecule has 15 heavy (non-hydrogen) atoms. The zero-order valence-corrected chi connectivity index (χ0v) is 9.31. The first kappa shape index (κ1) is 12.0. The Kier molecular flexibility index (Phi) is 4.59. The van der Waals surface area contributed by atoms with Gasteiger partial charge in [0, 0.05) is 6.04 Å². The second-order valence-corrected chi connectivity index (χ2v) is 3.52. The number of nitrogens with two attached hydrogens (primary N) is 1. The smallest absolute Gasteiger partial charge is 0.119 e. The SMILES string of the molecule is CCOc1ccc(C(O)C(N)CC)cc1. The molecule has 0 spiro atoms. The van der Waals surface area contributed by atoms with Gasteiger partial charge in [-0.05, 0) is 31.0 Å². The highest BCUT2D eigenvalue weighted by atomic mass is 16.5. The number of aliphatic hydroxyl groups excluding tert-OH is 1. The molecule has 0 amide bonds. The van der Waals surface area contributed by atoms with E-state index in [4.69, 9.17) is 10.5 Å². The van der Waals surface area contributed by atoms with E-state index in [2.05, 4.69) is 0 Å². The molecular weight excluding hydrogens is 190 g/mol. The van der Waals surface area contributed by atoms with Crippen molar-refractivity contribution in [2.45, 2.75) is 32.4 Å². The van der Waals surface area contributed by atoms with Crippen molar-refractivity contribution in [3.8, 4) is 5.75 Å². The van der Waals surface area contributed by atoms with Gasteiger partial charge in [-0.15, -0.1) is 0 Å². The summed E-state index contributed by atoms with van der Waals surface area (Å²) in [6, 6.07) is 7.20. The Bertz CT molecular complexity index is 284. The Labute approximate surface area is 90.9 Å². The fourth-order valence-corrected chi connectivity index (χ4v) is 1.40. The highest BCUT2D eigenvalue weighted by molar-refractivity contribution is 5.29. The minimum absolute atomic E-state index is 0.206. The maximum absolute atomic E-state index is 9.84. The van der Waals surface area contributed by atoms with Gasteiger partial charge in [0.1, 0.15) is 5.75 Å².